The molecule has 0 saturated heterocycles. The SMILES string of the molecule is CN(C)CCN(Cc1cccnc1)C(=O)Nc1ccc(-n2cncn2)cc1C(F)(F)F. The lowest BCUT2D eigenvalue weighted by Crippen LogP contribution is -2.39. The fraction of sp³-hybridized carbons (Fsp3) is 0.300. The summed E-state index contributed by atoms with van der Waals surface area (Å²) in [4.78, 5) is 24.0. The normalized spacial score (nSPS) is 11.5. The third-order valence-corrected chi connectivity index (χ3v) is 4.43. The van der Waals surface area contributed by atoms with E-state index in [0.717, 1.165) is 11.6 Å². The fourth-order valence-electron chi connectivity index (χ4n) is 2.84. The molecule has 1 N–H and O–H groups in total. The lowest BCUT2D eigenvalue weighted by molar-refractivity contribution is -0.136. The van der Waals surface area contributed by atoms with Gasteiger partial charge < -0.3 is 15.1 Å². The number of pyridine rings is 1. The summed E-state index contributed by atoms with van der Waals surface area (Å²) in [7, 11) is 3.70. The molecule has 0 aliphatic rings. The topological polar surface area (TPSA) is 79.2 Å². The predicted octanol–water partition coefficient (Wildman–Crippen LogP) is 3.28. The Bertz CT molecular complexity index is 992. The molecule has 31 heavy (non-hydrogen) atoms. The van der Waals surface area contributed by atoms with Crippen LogP contribution in [0.15, 0.2) is 55.4 Å². The van der Waals surface area contributed by atoms with Crippen LogP contribution in [0.5, 0.6) is 0 Å². The Balaban J connectivity index is 1.86. The van der Waals surface area contributed by atoms with E-state index < -0.39 is 17.8 Å². The number of anilines is 1. The van der Waals surface area contributed by atoms with Crippen molar-refractivity contribution in [3.05, 3.63) is 66.5 Å². The minimum atomic E-state index is -4.67. The van der Waals surface area contributed by atoms with Gasteiger partial charge in [0.25, 0.3) is 0 Å². The zero-order valence-electron chi connectivity index (χ0n) is 17.0. The second kappa shape index (κ2) is 9.56. The molecule has 8 nitrogen and oxygen atoms in total. The number of likely N-dealkylation sites (N-methyl/N-ethyl adjacent to an activating group) is 1. The van der Waals surface area contributed by atoms with Gasteiger partial charge in [-0.1, -0.05) is 6.07 Å². The van der Waals surface area contributed by atoms with Gasteiger partial charge in [0, 0.05) is 32.0 Å². The number of hydrogen-bond donors (Lipinski definition) is 1. The first kappa shape index (κ1) is 22.2. The number of nitrogens with one attached hydrogen (secondary N) is 1. The largest absolute Gasteiger partial charge is 0.418 e. The Morgan fingerprint density at radius 2 is 1.97 bits per heavy atom. The molecule has 0 bridgehead atoms. The molecule has 0 fully saturated rings. The van der Waals surface area contributed by atoms with Crippen LogP contribution in [0.25, 0.3) is 5.69 Å². The third kappa shape index (κ3) is 6.01. The maximum Gasteiger partial charge on any atom is 0.418 e. The van der Waals surface area contributed by atoms with Crippen molar-refractivity contribution in [2.75, 3.05) is 32.5 Å². The molecular formula is C20H22F3N7O. The molecule has 0 spiro atoms. The minimum absolute atomic E-state index is 0.183. The Kier molecular flexibility index (Phi) is 6.85. The van der Waals surface area contributed by atoms with Gasteiger partial charge in [-0.15, -0.1) is 0 Å². The summed E-state index contributed by atoms with van der Waals surface area (Å²) in [5, 5.41) is 6.26. The molecule has 2 aromatic heterocycles. The van der Waals surface area contributed by atoms with E-state index in [1.807, 2.05) is 19.0 Å². The maximum atomic E-state index is 13.7. The molecule has 1 aromatic carbocycles. The van der Waals surface area contributed by atoms with Gasteiger partial charge in [-0.05, 0) is 43.9 Å². The number of halogens is 3. The average Bonchev–Trinajstić information content (AvgIpc) is 3.26. The van der Waals surface area contributed by atoms with Gasteiger partial charge >= 0.3 is 12.2 Å². The van der Waals surface area contributed by atoms with Gasteiger partial charge in [0.2, 0.25) is 0 Å². The van der Waals surface area contributed by atoms with E-state index in [-0.39, 0.29) is 17.9 Å². The summed E-state index contributed by atoms with van der Waals surface area (Å²) in [6, 6.07) is 6.48. The molecule has 0 radical (unpaired) electrons. The summed E-state index contributed by atoms with van der Waals surface area (Å²) >= 11 is 0. The van der Waals surface area contributed by atoms with Gasteiger partial charge in [0.1, 0.15) is 12.7 Å². The van der Waals surface area contributed by atoms with E-state index in [9.17, 15) is 18.0 Å². The smallest absolute Gasteiger partial charge is 0.319 e. The highest BCUT2D eigenvalue weighted by molar-refractivity contribution is 5.90. The van der Waals surface area contributed by atoms with Crippen molar-refractivity contribution in [2.24, 2.45) is 0 Å². The van der Waals surface area contributed by atoms with Crippen molar-refractivity contribution in [2.45, 2.75) is 12.7 Å². The first-order chi connectivity index (χ1) is 14.7. The van der Waals surface area contributed by atoms with Crippen molar-refractivity contribution in [3.63, 3.8) is 0 Å². The standard InChI is InChI=1S/C20H22F3N7O/c1-28(2)8-9-29(12-15-4-3-7-24-11-15)19(31)27-18-6-5-16(30-14-25-13-26-30)10-17(18)20(21,22)23/h3-7,10-11,13-14H,8-9,12H2,1-2H3,(H,27,31). The number of nitrogens with zero attached hydrogens (tertiary/aromatic N) is 6. The van der Waals surface area contributed by atoms with E-state index in [0.29, 0.717) is 13.1 Å². The highest BCUT2D eigenvalue weighted by Gasteiger charge is 2.35. The number of aromatic nitrogens is 4. The summed E-state index contributed by atoms with van der Waals surface area (Å²) in [5.74, 6) is 0. The van der Waals surface area contributed by atoms with Crippen molar-refractivity contribution in [1.82, 2.24) is 29.5 Å². The van der Waals surface area contributed by atoms with Gasteiger partial charge in [-0.2, -0.15) is 18.3 Å². The van der Waals surface area contributed by atoms with Crippen LogP contribution in [0.3, 0.4) is 0 Å². The van der Waals surface area contributed by atoms with Crippen LogP contribution in [-0.2, 0) is 12.7 Å². The van der Waals surface area contributed by atoms with Crippen LogP contribution in [0.1, 0.15) is 11.1 Å². The fourth-order valence-corrected chi connectivity index (χ4v) is 2.84. The van der Waals surface area contributed by atoms with Crippen molar-refractivity contribution in [1.29, 1.82) is 0 Å². The van der Waals surface area contributed by atoms with E-state index in [1.54, 1.807) is 24.5 Å². The van der Waals surface area contributed by atoms with Gasteiger partial charge in [0.05, 0.1) is 16.9 Å². The number of alkyl halides is 3. The molecule has 0 atom stereocenters. The number of rotatable bonds is 7. The summed E-state index contributed by atoms with van der Waals surface area (Å²) in [6.07, 6.45) is 1.08. The Morgan fingerprint density at radius 3 is 2.58 bits per heavy atom. The first-order valence-electron chi connectivity index (χ1n) is 9.40. The lowest BCUT2D eigenvalue weighted by atomic mass is 10.1. The van der Waals surface area contributed by atoms with Crippen molar-refractivity contribution >= 4 is 11.7 Å². The average molecular weight is 433 g/mol. The van der Waals surface area contributed by atoms with E-state index >= 15 is 0 Å². The Morgan fingerprint density at radius 1 is 1.16 bits per heavy atom. The van der Waals surface area contributed by atoms with Crippen LogP contribution in [0.4, 0.5) is 23.7 Å². The van der Waals surface area contributed by atoms with E-state index in [1.165, 1.54) is 34.4 Å². The predicted molar refractivity (Wildman–Crippen MR) is 109 cm³/mol. The van der Waals surface area contributed by atoms with E-state index in [2.05, 4.69) is 20.4 Å². The summed E-state index contributed by atoms with van der Waals surface area (Å²) in [6.45, 7) is 1.09. The number of hydrogen-bond acceptors (Lipinski definition) is 5. The van der Waals surface area contributed by atoms with Gasteiger partial charge in [-0.3, -0.25) is 4.98 Å². The molecule has 2 heterocycles. The zero-order chi connectivity index (χ0) is 22.4. The highest BCUT2D eigenvalue weighted by atomic mass is 19.4. The first-order valence-corrected chi connectivity index (χ1v) is 9.40. The van der Waals surface area contributed by atoms with Crippen LogP contribution >= 0.6 is 0 Å². The molecule has 164 valence electrons. The Labute approximate surface area is 177 Å². The molecule has 3 rings (SSSR count). The molecule has 0 saturated carbocycles. The number of carbonyl (C=O) groups is 1. The van der Waals surface area contributed by atoms with Crippen molar-refractivity contribution in [3.8, 4) is 5.69 Å². The minimum Gasteiger partial charge on any atom is -0.319 e. The quantitative estimate of drug-likeness (QED) is 0.619. The molecule has 3 aromatic rings. The van der Waals surface area contributed by atoms with Crippen LogP contribution in [-0.4, -0.2) is 62.8 Å². The second-order valence-electron chi connectivity index (χ2n) is 7.08. The monoisotopic (exact) mass is 433 g/mol. The van der Waals surface area contributed by atoms with Crippen LogP contribution in [0.2, 0.25) is 0 Å². The molecule has 0 aliphatic carbocycles. The number of benzene rings is 1. The van der Waals surface area contributed by atoms with Crippen LogP contribution < -0.4 is 5.32 Å². The molecule has 0 aliphatic heterocycles. The molecule has 0 unspecified atom stereocenters. The highest BCUT2D eigenvalue weighted by Crippen LogP contribution is 2.36. The lowest BCUT2D eigenvalue weighted by Gasteiger charge is -2.25. The number of carbonyl (C=O) groups excluding carboxylic acids is 1. The third-order valence-electron chi connectivity index (χ3n) is 4.43. The summed E-state index contributed by atoms with van der Waals surface area (Å²) < 4.78 is 42.3. The number of urea groups is 1. The van der Waals surface area contributed by atoms with Crippen LogP contribution in [0, 0.1) is 0 Å². The van der Waals surface area contributed by atoms with Gasteiger partial charge in [-0.25, -0.2) is 14.5 Å². The zero-order valence-corrected chi connectivity index (χ0v) is 17.0. The van der Waals surface area contributed by atoms with Crippen molar-refractivity contribution < 1.29 is 18.0 Å². The molecule has 2 amide bonds. The van der Waals surface area contributed by atoms with E-state index in [4.69, 9.17) is 0 Å². The summed E-state index contributed by atoms with van der Waals surface area (Å²) in [5.41, 5.74) is -0.346. The van der Waals surface area contributed by atoms with Gasteiger partial charge in [0.15, 0.2) is 0 Å². The Hall–Kier alpha value is -3.47. The maximum absolute atomic E-state index is 13.7. The number of amides is 2. The second-order valence-corrected chi connectivity index (χ2v) is 7.08. The molecular weight excluding hydrogens is 411 g/mol. The molecule has 11 heteroatoms.